The van der Waals surface area contributed by atoms with Crippen LogP contribution in [-0.4, -0.2) is 35.9 Å². The molecule has 1 heterocycles. The predicted molar refractivity (Wildman–Crippen MR) is 68.2 cm³/mol. The summed E-state index contributed by atoms with van der Waals surface area (Å²) in [5.41, 5.74) is 0.146. The summed E-state index contributed by atoms with van der Waals surface area (Å²) in [6, 6.07) is 5.56. The quantitative estimate of drug-likeness (QED) is 0.843. The fraction of sp³-hybridized carbons (Fsp3) is 0.273. The maximum atomic E-state index is 12.6. The molecule has 2 N–H and O–H groups in total. The molecule has 0 unspecified atom stereocenters. The van der Waals surface area contributed by atoms with Gasteiger partial charge in [-0.1, -0.05) is 12.1 Å². The van der Waals surface area contributed by atoms with Crippen LogP contribution in [0, 0.1) is 0 Å². The van der Waals surface area contributed by atoms with Crippen LogP contribution in [0.2, 0.25) is 0 Å². The monoisotopic (exact) mass is 302 g/mol. The lowest BCUT2D eigenvalue weighted by atomic mass is 10.3. The van der Waals surface area contributed by atoms with Crippen molar-refractivity contribution < 1.29 is 17.2 Å². The van der Waals surface area contributed by atoms with Crippen LogP contribution in [0.5, 0.6) is 0 Å². The van der Waals surface area contributed by atoms with Gasteiger partial charge in [0.1, 0.15) is 12.2 Å². The fourth-order valence-corrected chi connectivity index (χ4v) is 2.53. The van der Waals surface area contributed by atoms with E-state index in [4.69, 9.17) is 0 Å². The molecule has 2 rings (SSSR count). The number of benzene rings is 1. The third-order valence-corrected chi connectivity index (χ3v) is 4.01. The van der Waals surface area contributed by atoms with Crippen LogP contribution >= 0.6 is 0 Å². The first-order valence-corrected chi connectivity index (χ1v) is 7.25. The molecule has 6 nitrogen and oxygen atoms in total. The first-order chi connectivity index (χ1) is 9.51. The van der Waals surface area contributed by atoms with Crippen molar-refractivity contribution in [3.63, 3.8) is 0 Å². The Balaban J connectivity index is 2.12. The van der Waals surface area contributed by atoms with Crippen molar-refractivity contribution in [2.24, 2.45) is 0 Å². The highest BCUT2D eigenvalue weighted by atomic mass is 32.2. The molecule has 0 saturated carbocycles. The van der Waals surface area contributed by atoms with E-state index in [0.29, 0.717) is 18.8 Å². The van der Waals surface area contributed by atoms with Gasteiger partial charge in [-0.25, -0.2) is 13.4 Å². The number of halogens is 2. The van der Waals surface area contributed by atoms with Crippen LogP contribution in [-0.2, 0) is 16.3 Å². The van der Waals surface area contributed by atoms with Gasteiger partial charge >= 0.3 is 5.76 Å². The zero-order chi connectivity index (χ0) is 14.6. The van der Waals surface area contributed by atoms with E-state index in [0.717, 1.165) is 6.07 Å². The number of anilines is 1. The summed E-state index contributed by atoms with van der Waals surface area (Å²) < 4.78 is 48.2. The fourth-order valence-electron chi connectivity index (χ4n) is 1.62. The van der Waals surface area contributed by atoms with Gasteiger partial charge in [-0.2, -0.15) is 13.9 Å². The van der Waals surface area contributed by atoms with E-state index in [-0.39, 0.29) is 5.69 Å². The lowest BCUT2D eigenvalue weighted by Crippen LogP contribution is -2.15. The van der Waals surface area contributed by atoms with E-state index < -0.39 is 20.5 Å². The number of hydrogen-bond acceptors (Lipinski definition) is 5. The Morgan fingerprint density at radius 3 is 2.70 bits per heavy atom. The van der Waals surface area contributed by atoms with E-state index in [9.17, 15) is 17.2 Å². The minimum Gasteiger partial charge on any atom is -0.384 e. The van der Waals surface area contributed by atoms with E-state index in [2.05, 4.69) is 20.5 Å². The number of aromatic nitrogens is 3. The third-order valence-electron chi connectivity index (χ3n) is 2.57. The molecule has 108 valence electrons. The Morgan fingerprint density at radius 2 is 2.05 bits per heavy atom. The molecule has 0 bridgehead atoms. The van der Waals surface area contributed by atoms with Gasteiger partial charge in [-0.15, -0.1) is 0 Å². The molecule has 1 aromatic carbocycles. The Hall–Kier alpha value is -2.03. The predicted octanol–water partition coefficient (Wildman–Crippen LogP) is 1.46. The second-order valence-corrected chi connectivity index (χ2v) is 5.80. The molecule has 0 aliphatic rings. The molecule has 20 heavy (non-hydrogen) atoms. The van der Waals surface area contributed by atoms with Crippen molar-refractivity contribution in [3.8, 4) is 0 Å². The van der Waals surface area contributed by atoms with Crippen molar-refractivity contribution >= 4 is 15.5 Å². The van der Waals surface area contributed by atoms with E-state index >= 15 is 0 Å². The minimum atomic E-state index is -4.62. The van der Waals surface area contributed by atoms with E-state index in [1.54, 1.807) is 6.07 Å². The molecule has 0 aliphatic carbocycles. The van der Waals surface area contributed by atoms with Gasteiger partial charge in [0.2, 0.25) is 9.84 Å². The first kappa shape index (κ1) is 14.4. The number of nitrogens with zero attached hydrogens (tertiary/aromatic N) is 2. The van der Waals surface area contributed by atoms with Crippen molar-refractivity contribution in [1.29, 1.82) is 0 Å². The summed E-state index contributed by atoms with van der Waals surface area (Å²) in [6.07, 6.45) is 1.81. The van der Waals surface area contributed by atoms with E-state index in [1.807, 2.05) is 0 Å². The molecule has 0 fully saturated rings. The molecular weight excluding hydrogens is 290 g/mol. The lowest BCUT2D eigenvalue weighted by Gasteiger charge is -2.11. The first-order valence-electron chi connectivity index (χ1n) is 5.71. The van der Waals surface area contributed by atoms with Gasteiger partial charge in [0.25, 0.3) is 0 Å². The van der Waals surface area contributed by atoms with Crippen LogP contribution in [0.4, 0.5) is 14.5 Å². The van der Waals surface area contributed by atoms with Gasteiger partial charge in [-0.3, -0.25) is 5.10 Å². The second-order valence-electron chi connectivity index (χ2n) is 3.91. The highest BCUT2D eigenvalue weighted by molar-refractivity contribution is 7.91. The van der Waals surface area contributed by atoms with Crippen LogP contribution in [0.3, 0.4) is 0 Å². The van der Waals surface area contributed by atoms with E-state index in [1.165, 1.54) is 18.5 Å². The van der Waals surface area contributed by atoms with Crippen LogP contribution in [0.15, 0.2) is 35.5 Å². The number of aromatic amines is 1. The summed E-state index contributed by atoms with van der Waals surface area (Å²) in [5, 5.41) is 9.13. The number of rotatable bonds is 6. The number of sulfone groups is 1. The molecule has 1 aromatic heterocycles. The molecule has 0 radical (unpaired) electrons. The minimum absolute atomic E-state index is 0.146. The number of alkyl halides is 2. The number of hydrogen-bond donors (Lipinski definition) is 2. The molecule has 0 amide bonds. The van der Waals surface area contributed by atoms with Gasteiger partial charge < -0.3 is 5.32 Å². The van der Waals surface area contributed by atoms with Crippen molar-refractivity contribution in [1.82, 2.24) is 15.2 Å². The van der Waals surface area contributed by atoms with Gasteiger partial charge in [-0.05, 0) is 12.1 Å². The highest BCUT2D eigenvalue weighted by Crippen LogP contribution is 2.25. The Bertz CT molecular complexity index is 659. The molecule has 2 aromatic rings. The molecule has 0 saturated heterocycles. The smallest absolute Gasteiger partial charge is 0.341 e. The maximum Gasteiger partial charge on any atom is 0.341 e. The van der Waals surface area contributed by atoms with Crippen molar-refractivity contribution in [2.45, 2.75) is 17.1 Å². The van der Waals surface area contributed by atoms with Crippen molar-refractivity contribution in [2.75, 3.05) is 11.9 Å². The molecular formula is C11H12F2N4O2S. The molecule has 0 atom stereocenters. The average molecular weight is 302 g/mol. The number of H-pyrrole nitrogens is 1. The van der Waals surface area contributed by atoms with Crippen LogP contribution in [0.25, 0.3) is 0 Å². The largest absolute Gasteiger partial charge is 0.384 e. The molecule has 0 aliphatic heterocycles. The lowest BCUT2D eigenvalue weighted by molar-refractivity contribution is 0.235. The Morgan fingerprint density at radius 1 is 1.30 bits per heavy atom. The standard InChI is InChI=1S/C11H12F2N4O2S/c12-11(13)20(18,19)9-4-2-1-3-8(9)14-6-5-10-15-7-16-17-10/h1-4,7,11,14H,5-6H2,(H,15,16,17). The number of para-hydroxylation sites is 1. The average Bonchev–Trinajstić information content (AvgIpc) is 2.92. The maximum absolute atomic E-state index is 12.6. The zero-order valence-electron chi connectivity index (χ0n) is 10.3. The zero-order valence-corrected chi connectivity index (χ0v) is 11.1. The summed E-state index contributed by atoms with van der Waals surface area (Å²) in [5.74, 6) is -2.83. The Labute approximate surface area is 114 Å². The van der Waals surface area contributed by atoms with Gasteiger partial charge in [0, 0.05) is 13.0 Å². The summed E-state index contributed by atoms with van der Waals surface area (Å²) >= 11 is 0. The Kier molecular flexibility index (Phi) is 4.28. The topological polar surface area (TPSA) is 87.7 Å². The summed E-state index contributed by atoms with van der Waals surface area (Å²) in [4.78, 5) is 3.49. The van der Waals surface area contributed by atoms with Gasteiger partial charge in [0.15, 0.2) is 0 Å². The SMILES string of the molecule is O=S(=O)(c1ccccc1NCCc1ncn[nH]1)C(F)F. The second kappa shape index (κ2) is 5.95. The van der Waals surface area contributed by atoms with Crippen molar-refractivity contribution in [3.05, 3.63) is 36.4 Å². The van der Waals surface area contributed by atoms with Crippen LogP contribution in [0.1, 0.15) is 5.82 Å². The van der Waals surface area contributed by atoms with Crippen LogP contribution < -0.4 is 5.32 Å². The normalized spacial score (nSPS) is 11.8. The third kappa shape index (κ3) is 3.10. The molecule has 9 heteroatoms. The van der Waals surface area contributed by atoms with Gasteiger partial charge in [0.05, 0.1) is 10.6 Å². The summed E-state index contributed by atoms with van der Waals surface area (Å²) in [6.45, 7) is 0.338. The highest BCUT2D eigenvalue weighted by Gasteiger charge is 2.28. The molecule has 0 spiro atoms. The number of nitrogens with one attached hydrogen (secondary N) is 2. The summed E-state index contributed by atoms with van der Waals surface area (Å²) in [7, 11) is -4.62.